The maximum absolute atomic E-state index is 10.7. The Bertz CT molecular complexity index is 521. The van der Waals surface area contributed by atoms with Crippen molar-refractivity contribution in [2.75, 3.05) is 0 Å². The zero-order chi connectivity index (χ0) is 12.4. The van der Waals surface area contributed by atoms with Gasteiger partial charge in [0.05, 0.1) is 0 Å². The lowest BCUT2D eigenvalue weighted by Gasteiger charge is -2.05. The highest BCUT2D eigenvalue weighted by Gasteiger charge is 2.10. The Labute approximate surface area is 99.7 Å². The third kappa shape index (κ3) is 2.38. The van der Waals surface area contributed by atoms with Crippen LogP contribution in [-0.2, 0) is 0 Å². The van der Waals surface area contributed by atoms with Crippen molar-refractivity contribution in [1.29, 1.82) is 0 Å². The summed E-state index contributed by atoms with van der Waals surface area (Å²) in [6.07, 6.45) is 0. The minimum Gasteiger partial charge on any atom is -0.475 e. The molecule has 0 bridgehead atoms. The number of aromatic carboxylic acids is 1. The second kappa shape index (κ2) is 4.45. The molecule has 1 aromatic heterocycles. The molecule has 1 N–H and O–H groups in total. The van der Waals surface area contributed by atoms with Crippen LogP contribution in [0.5, 0.6) is 0 Å². The number of furan rings is 1. The SMILES string of the molecule is CC(C)c1ccc(-c2ccc(C(=O)O)o2)cc1. The van der Waals surface area contributed by atoms with Gasteiger partial charge in [0.25, 0.3) is 0 Å². The minimum atomic E-state index is -1.05. The standard InChI is InChI=1S/C14H14O3/c1-9(2)10-3-5-11(6-4-10)12-7-8-13(17-12)14(15)16/h3-9H,1-2H3,(H,15,16). The summed E-state index contributed by atoms with van der Waals surface area (Å²) in [7, 11) is 0. The highest BCUT2D eigenvalue weighted by molar-refractivity contribution is 5.85. The van der Waals surface area contributed by atoms with E-state index in [9.17, 15) is 4.79 Å². The minimum absolute atomic E-state index is 0.0343. The summed E-state index contributed by atoms with van der Waals surface area (Å²) in [5.41, 5.74) is 2.14. The molecular weight excluding hydrogens is 216 g/mol. The molecule has 0 aliphatic heterocycles. The average Bonchev–Trinajstić information content (AvgIpc) is 2.78. The molecule has 0 amide bonds. The topological polar surface area (TPSA) is 50.4 Å². The largest absolute Gasteiger partial charge is 0.475 e. The maximum Gasteiger partial charge on any atom is 0.371 e. The fourth-order valence-corrected chi connectivity index (χ4v) is 1.64. The number of rotatable bonds is 3. The predicted octanol–water partition coefficient (Wildman–Crippen LogP) is 3.77. The third-order valence-electron chi connectivity index (χ3n) is 2.68. The molecule has 0 saturated heterocycles. The van der Waals surface area contributed by atoms with Gasteiger partial charge in [-0.25, -0.2) is 4.79 Å². The van der Waals surface area contributed by atoms with E-state index in [1.54, 1.807) is 6.07 Å². The molecule has 2 aromatic rings. The highest BCUT2D eigenvalue weighted by Crippen LogP contribution is 2.24. The highest BCUT2D eigenvalue weighted by atomic mass is 16.4. The van der Waals surface area contributed by atoms with Gasteiger partial charge in [0.2, 0.25) is 5.76 Å². The fraction of sp³-hybridized carbons (Fsp3) is 0.214. The van der Waals surface area contributed by atoms with E-state index >= 15 is 0 Å². The lowest BCUT2D eigenvalue weighted by Crippen LogP contribution is -1.91. The van der Waals surface area contributed by atoms with Crippen molar-refractivity contribution in [3.05, 3.63) is 47.7 Å². The summed E-state index contributed by atoms with van der Waals surface area (Å²) < 4.78 is 5.23. The normalized spacial score (nSPS) is 10.8. The van der Waals surface area contributed by atoms with Crippen LogP contribution in [0.25, 0.3) is 11.3 Å². The first-order valence-corrected chi connectivity index (χ1v) is 5.51. The van der Waals surface area contributed by atoms with E-state index in [1.807, 2.05) is 24.3 Å². The molecule has 1 heterocycles. The van der Waals surface area contributed by atoms with E-state index in [4.69, 9.17) is 9.52 Å². The number of hydrogen-bond donors (Lipinski definition) is 1. The molecule has 0 aliphatic rings. The third-order valence-corrected chi connectivity index (χ3v) is 2.68. The van der Waals surface area contributed by atoms with Crippen molar-refractivity contribution in [2.45, 2.75) is 19.8 Å². The number of benzene rings is 1. The van der Waals surface area contributed by atoms with E-state index in [0.717, 1.165) is 5.56 Å². The monoisotopic (exact) mass is 230 g/mol. The molecule has 0 spiro atoms. The van der Waals surface area contributed by atoms with Crippen LogP contribution in [0.15, 0.2) is 40.8 Å². The van der Waals surface area contributed by atoms with Gasteiger partial charge < -0.3 is 9.52 Å². The van der Waals surface area contributed by atoms with Gasteiger partial charge >= 0.3 is 5.97 Å². The molecule has 3 heteroatoms. The smallest absolute Gasteiger partial charge is 0.371 e. The summed E-state index contributed by atoms with van der Waals surface area (Å²) in [5, 5.41) is 8.77. The quantitative estimate of drug-likeness (QED) is 0.873. The Morgan fingerprint density at radius 1 is 1.12 bits per heavy atom. The Morgan fingerprint density at radius 2 is 1.76 bits per heavy atom. The number of hydrogen-bond acceptors (Lipinski definition) is 2. The number of carboxylic acid groups (broad SMARTS) is 1. The molecule has 17 heavy (non-hydrogen) atoms. The Hall–Kier alpha value is -2.03. The second-order valence-corrected chi connectivity index (χ2v) is 4.25. The van der Waals surface area contributed by atoms with E-state index < -0.39 is 5.97 Å². The summed E-state index contributed by atoms with van der Waals surface area (Å²) in [6, 6.07) is 11.1. The number of carboxylic acids is 1. The van der Waals surface area contributed by atoms with Crippen LogP contribution in [0.4, 0.5) is 0 Å². The van der Waals surface area contributed by atoms with Crippen LogP contribution < -0.4 is 0 Å². The summed E-state index contributed by atoms with van der Waals surface area (Å²) in [5.74, 6) is -0.0177. The van der Waals surface area contributed by atoms with Crippen LogP contribution in [0, 0.1) is 0 Å². The molecule has 0 aliphatic carbocycles. The lowest BCUT2D eigenvalue weighted by atomic mass is 10.0. The van der Waals surface area contributed by atoms with Crippen molar-refractivity contribution in [3.8, 4) is 11.3 Å². The fourth-order valence-electron chi connectivity index (χ4n) is 1.64. The van der Waals surface area contributed by atoms with Gasteiger partial charge in [0.15, 0.2) is 0 Å². The second-order valence-electron chi connectivity index (χ2n) is 4.25. The van der Waals surface area contributed by atoms with E-state index in [2.05, 4.69) is 13.8 Å². The van der Waals surface area contributed by atoms with Crippen LogP contribution in [-0.4, -0.2) is 11.1 Å². The van der Waals surface area contributed by atoms with Gasteiger partial charge in [0.1, 0.15) is 5.76 Å². The summed E-state index contributed by atoms with van der Waals surface area (Å²) in [6.45, 7) is 4.26. The predicted molar refractivity (Wildman–Crippen MR) is 65.2 cm³/mol. The van der Waals surface area contributed by atoms with Crippen molar-refractivity contribution in [1.82, 2.24) is 0 Å². The van der Waals surface area contributed by atoms with Crippen molar-refractivity contribution in [2.24, 2.45) is 0 Å². The zero-order valence-electron chi connectivity index (χ0n) is 9.81. The van der Waals surface area contributed by atoms with Crippen molar-refractivity contribution in [3.63, 3.8) is 0 Å². The Balaban J connectivity index is 2.30. The average molecular weight is 230 g/mol. The molecule has 0 atom stereocenters. The van der Waals surface area contributed by atoms with E-state index in [1.165, 1.54) is 11.6 Å². The Morgan fingerprint density at radius 3 is 2.24 bits per heavy atom. The van der Waals surface area contributed by atoms with E-state index in [-0.39, 0.29) is 5.76 Å². The maximum atomic E-state index is 10.7. The number of carbonyl (C=O) groups is 1. The van der Waals surface area contributed by atoms with Gasteiger partial charge in [-0.15, -0.1) is 0 Å². The molecule has 2 rings (SSSR count). The molecule has 3 nitrogen and oxygen atoms in total. The lowest BCUT2D eigenvalue weighted by molar-refractivity contribution is 0.0663. The Kier molecular flexibility index (Phi) is 3.00. The van der Waals surface area contributed by atoms with Gasteiger partial charge in [-0.05, 0) is 23.6 Å². The summed E-state index contributed by atoms with van der Waals surface area (Å²) >= 11 is 0. The molecule has 0 saturated carbocycles. The van der Waals surface area contributed by atoms with Crippen LogP contribution in [0.2, 0.25) is 0 Å². The first-order chi connectivity index (χ1) is 8.08. The van der Waals surface area contributed by atoms with E-state index in [0.29, 0.717) is 11.7 Å². The van der Waals surface area contributed by atoms with Crippen molar-refractivity contribution < 1.29 is 14.3 Å². The molecular formula is C14H14O3. The molecule has 1 aromatic carbocycles. The van der Waals surface area contributed by atoms with Crippen LogP contribution >= 0.6 is 0 Å². The molecule has 88 valence electrons. The van der Waals surface area contributed by atoms with Crippen LogP contribution in [0.1, 0.15) is 35.9 Å². The van der Waals surface area contributed by atoms with Gasteiger partial charge in [0, 0.05) is 5.56 Å². The first kappa shape index (κ1) is 11.5. The van der Waals surface area contributed by atoms with Gasteiger partial charge in [-0.2, -0.15) is 0 Å². The molecule has 0 fully saturated rings. The summed E-state index contributed by atoms with van der Waals surface area (Å²) in [4.78, 5) is 10.7. The van der Waals surface area contributed by atoms with Gasteiger partial charge in [-0.3, -0.25) is 0 Å². The zero-order valence-corrected chi connectivity index (χ0v) is 9.81. The van der Waals surface area contributed by atoms with Gasteiger partial charge in [-0.1, -0.05) is 38.1 Å². The first-order valence-electron chi connectivity index (χ1n) is 5.51. The van der Waals surface area contributed by atoms with Crippen molar-refractivity contribution >= 4 is 5.97 Å². The van der Waals surface area contributed by atoms with Crippen LogP contribution in [0.3, 0.4) is 0 Å². The molecule has 0 radical (unpaired) electrons. The molecule has 0 unspecified atom stereocenters.